The van der Waals surface area contributed by atoms with Crippen LogP contribution in [0, 0.1) is 17.8 Å². The predicted octanol–water partition coefficient (Wildman–Crippen LogP) is 4.11. The first-order valence-corrected chi connectivity index (χ1v) is 12.0. The Hall–Kier alpha value is -1.32. The van der Waals surface area contributed by atoms with Gasteiger partial charge in [0.2, 0.25) is 15.9 Å². The molecule has 10 heteroatoms. The smallest absolute Gasteiger partial charge is 0.351 e. The molecule has 0 saturated heterocycles. The molecule has 4 aliphatic carbocycles. The van der Waals surface area contributed by atoms with Crippen molar-refractivity contribution in [3.05, 3.63) is 28.8 Å². The average molecular weight is 465 g/mol. The molecule has 0 radical (unpaired) electrons. The van der Waals surface area contributed by atoms with Crippen molar-refractivity contribution in [2.45, 2.75) is 61.6 Å². The minimum atomic E-state index is -4.76. The van der Waals surface area contributed by atoms with Gasteiger partial charge in [0, 0.05) is 18.5 Å². The Morgan fingerprint density at radius 2 is 1.67 bits per heavy atom. The van der Waals surface area contributed by atoms with E-state index >= 15 is 0 Å². The molecule has 5 rings (SSSR count). The van der Waals surface area contributed by atoms with Crippen molar-refractivity contribution in [1.82, 2.24) is 10.0 Å². The van der Waals surface area contributed by atoms with Crippen molar-refractivity contribution in [1.29, 1.82) is 0 Å². The van der Waals surface area contributed by atoms with Gasteiger partial charge in [0.15, 0.2) is 0 Å². The molecule has 0 unspecified atom stereocenters. The molecule has 1 amide bonds. The molecule has 166 valence electrons. The minimum absolute atomic E-state index is 0.0688. The summed E-state index contributed by atoms with van der Waals surface area (Å²) in [6, 6.07) is 2.41. The van der Waals surface area contributed by atoms with Gasteiger partial charge in [-0.3, -0.25) is 4.79 Å². The molecule has 4 bridgehead atoms. The number of hydrogen-bond donors (Lipinski definition) is 2. The molecule has 4 aliphatic rings. The van der Waals surface area contributed by atoms with Gasteiger partial charge in [-0.1, -0.05) is 11.6 Å². The maximum Gasteiger partial charge on any atom is 0.417 e. The molecular weight excluding hydrogens is 441 g/mol. The predicted molar refractivity (Wildman–Crippen MR) is 105 cm³/mol. The fraction of sp³-hybridized carbons (Fsp3) is 0.650. The van der Waals surface area contributed by atoms with E-state index in [9.17, 15) is 26.4 Å². The van der Waals surface area contributed by atoms with Crippen LogP contribution in [0.3, 0.4) is 0 Å². The monoisotopic (exact) mass is 464 g/mol. The Morgan fingerprint density at radius 3 is 2.20 bits per heavy atom. The first-order valence-electron chi connectivity index (χ1n) is 10.1. The molecule has 0 heterocycles. The highest BCUT2D eigenvalue weighted by molar-refractivity contribution is 7.89. The van der Waals surface area contributed by atoms with Crippen molar-refractivity contribution < 1.29 is 26.4 Å². The second-order valence-electron chi connectivity index (χ2n) is 9.03. The molecule has 0 spiro atoms. The van der Waals surface area contributed by atoms with Crippen molar-refractivity contribution in [3.63, 3.8) is 0 Å². The van der Waals surface area contributed by atoms with Crippen LogP contribution in [-0.2, 0) is 21.0 Å². The summed E-state index contributed by atoms with van der Waals surface area (Å²) in [5.74, 6) is 1.78. The van der Waals surface area contributed by atoms with E-state index in [1.165, 1.54) is 19.3 Å². The molecule has 0 aliphatic heterocycles. The number of rotatable bonds is 6. The van der Waals surface area contributed by atoms with Crippen LogP contribution in [-0.4, -0.2) is 26.4 Å². The lowest BCUT2D eigenvalue weighted by Crippen LogP contribution is -2.60. The van der Waals surface area contributed by atoms with Crippen LogP contribution in [0.25, 0.3) is 0 Å². The molecule has 1 aromatic rings. The average Bonchev–Trinajstić information content (AvgIpc) is 2.59. The standard InChI is InChI=1S/C20H24ClF3N2O3S/c21-17-2-1-15(8-16(17)20(22,23)24)30(28,29)25-4-3-18(27)26-19-9-12-5-13(10-19)7-14(6-12)11-19/h1-2,8,12-14,25H,3-7,9-11H2,(H,26,27). The third-order valence-corrected chi connectivity index (χ3v) is 8.43. The first kappa shape index (κ1) is 21.9. The number of benzene rings is 1. The summed E-state index contributed by atoms with van der Waals surface area (Å²) < 4.78 is 65.9. The van der Waals surface area contributed by atoms with Crippen LogP contribution in [0.1, 0.15) is 50.5 Å². The Labute approximate surface area is 178 Å². The molecule has 4 saturated carbocycles. The SMILES string of the molecule is O=C(CCNS(=O)(=O)c1ccc(Cl)c(C(F)(F)F)c1)NC12CC3CC(CC(C3)C1)C2. The Balaban J connectivity index is 1.34. The van der Waals surface area contributed by atoms with Crippen LogP contribution in [0.15, 0.2) is 23.1 Å². The summed E-state index contributed by atoms with van der Waals surface area (Å²) in [5, 5.41) is 2.57. The first-order chi connectivity index (χ1) is 14.0. The zero-order chi connectivity index (χ0) is 21.7. The van der Waals surface area contributed by atoms with Crippen LogP contribution in [0.4, 0.5) is 13.2 Å². The molecule has 4 fully saturated rings. The van der Waals surface area contributed by atoms with Gasteiger partial charge in [0.25, 0.3) is 0 Å². The third-order valence-electron chi connectivity index (χ3n) is 6.64. The fourth-order valence-electron chi connectivity index (χ4n) is 5.89. The lowest BCUT2D eigenvalue weighted by Gasteiger charge is -2.56. The van der Waals surface area contributed by atoms with Gasteiger partial charge in [-0.25, -0.2) is 13.1 Å². The highest BCUT2D eigenvalue weighted by atomic mass is 35.5. The van der Waals surface area contributed by atoms with E-state index in [0.717, 1.165) is 31.4 Å². The van der Waals surface area contributed by atoms with E-state index in [0.29, 0.717) is 23.8 Å². The molecule has 2 N–H and O–H groups in total. The molecular formula is C20H24ClF3N2O3S. The molecule has 0 atom stereocenters. The number of carbonyl (C=O) groups excluding carboxylic acids is 1. The second kappa shape index (κ2) is 7.67. The molecule has 5 nitrogen and oxygen atoms in total. The highest BCUT2D eigenvalue weighted by Gasteiger charge is 2.51. The highest BCUT2D eigenvalue weighted by Crippen LogP contribution is 2.55. The van der Waals surface area contributed by atoms with Crippen molar-refractivity contribution in [2.75, 3.05) is 6.54 Å². The summed E-state index contributed by atoms with van der Waals surface area (Å²) in [6.07, 6.45) is 1.87. The third kappa shape index (κ3) is 4.48. The number of carbonyl (C=O) groups is 1. The Morgan fingerprint density at radius 1 is 1.10 bits per heavy atom. The van der Waals surface area contributed by atoms with Crippen molar-refractivity contribution in [2.24, 2.45) is 17.8 Å². The lowest BCUT2D eigenvalue weighted by atomic mass is 9.53. The topological polar surface area (TPSA) is 75.3 Å². The summed E-state index contributed by atoms with van der Waals surface area (Å²) in [7, 11) is -4.20. The zero-order valence-electron chi connectivity index (χ0n) is 16.3. The maximum atomic E-state index is 13.0. The largest absolute Gasteiger partial charge is 0.417 e. The lowest BCUT2D eigenvalue weighted by molar-refractivity contribution is -0.137. The maximum absolute atomic E-state index is 13.0. The van der Waals surface area contributed by atoms with Gasteiger partial charge in [-0.2, -0.15) is 13.2 Å². The molecule has 0 aromatic heterocycles. The number of sulfonamides is 1. The number of nitrogens with one attached hydrogen (secondary N) is 2. The van der Waals surface area contributed by atoms with Gasteiger partial charge < -0.3 is 5.32 Å². The number of alkyl halides is 3. The van der Waals surface area contributed by atoms with Gasteiger partial charge in [-0.15, -0.1) is 0 Å². The van der Waals surface area contributed by atoms with E-state index in [1.54, 1.807) is 0 Å². The minimum Gasteiger partial charge on any atom is -0.351 e. The number of halogens is 4. The van der Waals surface area contributed by atoms with E-state index in [-0.39, 0.29) is 24.4 Å². The van der Waals surface area contributed by atoms with Gasteiger partial charge in [0.1, 0.15) is 0 Å². The summed E-state index contributed by atoms with van der Waals surface area (Å²) in [5.41, 5.74) is -1.38. The van der Waals surface area contributed by atoms with Crippen LogP contribution in [0.5, 0.6) is 0 Å². The fourth-order valence-corrected chi connectivity index (χ4v) is 7.18. The molecule has 30 heavy (non-hydrogen) atoms. The Bertz CT molecular complexity index is 914. The Kier molecular flexibility index (Phi) is 5.60. The van der Waals surface area contributed by atoms with Crippen LogP contribution >= 0.6 is 11.6 Å². The zero-order valence-corrected chi connectivity index (χ0v) is 17.8. The van der Waals surface area contributed by atoms with Gasteiger partial charge in [-0.05, 0) is 74.5 Å². The summed E-state index contributed by atoms with van der Waals surface area (Å²) in [4.78, 5) is 11.9. The second-order valence-corrected chi connectivity index (χ2v) is 11.2. The van der Waals surface area contributed by atoms with Gasteiger partial charge in [0.05, 0.1) is 15.5 Å². The van der Waals surface area contributed by atoms with E-state index in [4.69, 9.17) is 11.6 Å². The van der Waals surface area contributed by atoms with Gasteiger partial charge >= 0.3 is 6.18 Å². The quantitative estimate of drug-likeness (QED) is 0.665. The van der Waals surface area contributed by atoms with Crippen LogP contribution in [0.2, 0.25) is 5.02 Å². The number of hydrogen-bond acceptors (Lipinski definition) is 3. The van der Waals surface area contributed by atoms with Crippen LogP contribution < -0.4 is 10.0 Å². The summed E-state index contributed by atoms with van der Waals surface area (Å²) >= 11 is 5.54. The van der Waals surface area contributed by atoms with E-state index in [2.05, 4.69) is 10.0 Å². The normalized spacial score (nSPS) is 30.5. The summed E-state index contributed by atoms with van der Waals surface area (Å²) in [6.45, 7) is -0.190. The molecule has 1 aromatic carbocycles. The van der Waals surface area contributed by atoms with Crippen molar-refractivity contribution >= 4 is 27.5 Å². The number of amides is 1. The van der Waals surface area contributed by atoms with E-state index < -0.39 is 31.7 Å². The van der Waals surface area contributed by atoms with E-state index in [1.807, 2.05) is 0 Å². The van der Waals surface area contributed by atoms with Crippen molar-refractivity contribution in [3.8, 4) is 0 Å².